The summed E-state index contributed by atoms with van der Waals surface area (Å²) in [6.45, 7) is 6.46. The maximum absolute atomic E-state index is 4.50. The third-order valence-electron chi connectivity index (χ3n) is 2.17. The van der Waals surface area contributed by atoms with Crippen molar-refractivity contribution < 1.29 is 0 Å². The Balaban J connectivity index is 0.00000162. The first kappa shape index (κ1) is 15.3. The van der Waals surface area contributed by atoms with Crippen molar-refractivity contribution in [2.24, 2.45) is 5.10 Å². The van der Waals surface area contributed by atoms with Crippen LogP contribution >= 0.6 is 39.7 Å². The fourth-order valence-electron chi connectivity index (χ4n) is 1.19. The fourth-order valence-corrected chi connectivity index (χ4v) is 2.66. The number of nitrogens with zero attached hydrogens (tertiary/aromatic N) is 2. The van der Waals surface area contributed by atoms with Crippen LogP contribution in [0.1, 0.15) is 31.3 Å². The van der Waals surface area contributed by atoms with Gasteiger partial charge in [-0.05, 0) is 11.4 Å². The Hall–Kier alpha value is -0.720. The van der Waals surface area contributed by atoms with Gasteiger partial charge < -0.3 is 0 Å². The van der Waals surface area contributed by atoms with E-state index in [2.05, 4.69) is 41.7 Å². The Morgan fingerprint density at radius 2 is 2.11 bits per heavy atom. The van der Waals surface area contributed by atoms with Gasteiger partial charge in [-0.15, -0.1) is 39.7 Å². The van der Waals surface area contributed by atoms with Gasteiger partial charge in [-0.25, -0.2) is 4.98 Å². The highest BCUT2D eigenvalue weighted by atomic mass is 79.9. The van der Waals surface area contributed by atoms with Gasteiger partial charge >= 0.3 is 0 Å². The molecule has 0 aliphatic carbocycles. The largest absolute Gasteiger partial charge is 0.253 e. The number of halogens is 1. The highest BCUT2D eigenvalue weighted by Crippen LogP contribution is 2.26. The van der Waals surface area contributed by atoms with Crippen LogP contribution in [0, 0.1) is 0 Å². The fraction of sp³-hybridized carbons (Fsp3) is 0.333. The molecule has 6 heteroatoms. The monoisotopic (exact) mass is 345 g/mol. The second-order valence-corrected chi connectivity index (χ2v) is 6.51. The molecule has 0 amide bonds. The van der Waals surface area contributed by atoms with Gasteiger partial charge in [0.05, 0.1) is 11.9 Å². The van der Waals surface area contributed by atoms with E-state index in [-0.39, 0.29) is 22.4 Å². The lowest BCUT2D eigenvalue weighted by molar-refractivity contribution is 0.573. The molecule has 0 spiro atoms. The molecule has 1 N–H and O–H groups in total. The van der Waals surface area contributed by atoms with Crippen molar-refractivity contribution in [3.8, 4) is 0 Å². The van der Waals surface area contributed by atoms with Crippen molar-refractivity contribution >= 4 is 51.0 Å². The van der Waals surface area contributed by atoms with Gasteiger partial charge in [-0.2, -0.15) is 5.10 Å². The number of aromatic nitrogens is 1. The number of thiophene rings is 1. The molecule has 2 aromatic rings. The zero-order chi connectivity index (χ0) is 12.3. The third-order valence-corrected chi connectivity index (χ3v) is 3.72. The lowest BCUT2D eigenvalue weighted by atomic mass is 9.93. The molecule has 2 aromatic heterocycles. The second kappa shape index (κ2) is 6.45. The van der Waals surface area contributed by atoms with Gasteiger partial charge in [0.2, 0.25) is 5.13 Å². The Labute approximate surface area is 126 Å². The molecule has 2 heterocycles. The standard InChI is InChI=1S/C12H15N3S2.BrH/c1-12(2,3)10-8-17-11(14-10)15-13-7-9-5-4-6-16-9;/h4-8H,1-3H3,(H,14,15);1H/b13-7+;. The number of anilines is 1. The van der Waals surface area contributed by atoms with Crippen LogP contribution < -0.4 is 5.43 Å². The van der Waals surface area contributed by atoms with Crippen LogP contribution in [0.2, 0.25) is 0 Å². The summed E-state index contributed by atoms with van der Waals surface area (Å²) in [6, 6.07) is 4.03. The summed E-state index contributed by atoms with van der Waals surface area (Å²) in [5.74, 6) is 0. The van der Waals surface area contributed by atoms with E-state index in [1.54, 1.807) is 22.7 Å². The number of hydrazone groups is 1. The SMILES string of the molecule is Br.CC(C)(C)c1csc(N/N=C/c2cccs2)n1. The van der Waals surface area contributed by atoms with E-state index in [4.69, 9.17) is 0 Å². The first-order valence-electron chi connectivity index (χ1n) is 5.34. The molecule has 0 radical (unpaired) electrons. The molecule has 0 aliphatic rings. The molecule has 0 bridgehead atoms. The van der Waals surface area contributed by atoms with Gasteiger partial charge in [-0.1, -0.05) is 26.8 Å². The van der Waals surface area contributed by atoms with Crippen molar-refractivity contribution in [3.05, 3.63) is 33.5 Å². The number of rotatable bonds is 3. The van der Waals surface area contributed by atoms with Gasteiger partial charge in [-0.3, -0.25) is 5.43 Å². The van der Waals surface area contributed by atoms with Gasteiger partial charge in [0.1, 0.15) is 0 Å². The quantitative estimate of drug-likeness (QED) is 0.655. The van der Waals surface area contributed by atoms with Crippen LogP contribution in [0.4, 0.5) is 5.13 Å². The van der Waals surface area contributed by atoms with Gasteiger partial charge in [0.25, 0.3) is 0 Å². The van der Waals surface area contributed by atoms with Crippen LogP contribution in [0.15, 0.2) is 28.0 Å². The van der Waals surface area contributed by atoms with Crippen LogP contribution in [-0.4, -0.2) is 11.2 Å². The van der Waals surface area contributed by atoms with Crippen molar-refractivity contribution in [3.63, 3.8) is 0 Å². The Morgan fingerprint density at radius 1 is 1.33 bits per heavy atom. The van der Waals surface area contributed by atoms with Crippen molar-refractivity contribution in [2.75, 3.05) is 5.43 Å². The first-order chi connectivity index (χ1) is 8.05. The molecular formula is C12H16BrN3S2. The minimum absolute atomic E-state index is 0. The summed E-state index contributed by atoms with van der Waals surface area (Å²) >= 11 is 3.24. The summed E-state index contributed by atoms with van der Waals surface area (Å²) in [4.78, 5) is 5.63. The molecular weight excluding hydrogens is 330 g/mol. The predicted molar refractivity (Wildman–Crippen MR) is 86.7 cm³/mol. The van der Waals surface area contributed by atoms with E-state index < -0.39 is 0 Å². The number of thiazole rings is 1. The molecule has 0 aromatic carbocycles. The van der Waals surface area contributed by atoms with Crippen LogP contribution in [-0.2, 0) is 5.41 Å². The van der Waals surface area contributed by atoms with Crippen LogP contribution in [0.5, 0.6) is 0 Å². The molecule has 98 valence electrons. The average molecular weight is 346 g/mol. The zero-order valence-electron chi connectivity index (χ0n) is 10.5. The lowest BCUT2D eigenvalue weighted by Gasteiger charge is -2.13. The molecule has 0 aliphatic heterocycles. The minimum atomic E-state index is 0. The Kier molecular flexibility index (Phi) is 5.49. The van der Waals surface area contributed by atoms with E-state index in [0.29, 0.717) is 0 Å². The maximum atomic E-state index is 4.50. The molecule has 2 rings (SSSR count). The Bertz CT molecular complexity index is 498. The zero-order valence-corrected chi connectivity index (χ0v) is 13.9. The molecule has 0 saturated carbocycles. The van der Waals surface area contributed by atoms with E-state index in [1.807, 2.05) is 23.7 Å². The summed E-state index contributed by atoms with van der Waals surface area (Å²) in [7, 11) is 0. The predicted octanol–water partition coefficient (Wildman–Crippen LogP) is 4.53. The van der Waals surface area contributed by atoms with Crippen LogP contribution in [0.3, 0.4) is 0 Å². The minimum Gasteiger partial charge on any atom is -0.253 e. The maximum Gasteiger partial charge on any atom is 0.203 e. The summed E-state index contributed by atoms with van der Waals surface area (Å²) in [6.07, 6.45) is 1.81. The second-order valence-electron chi connectivity index (χ2n) is 4.67. The molecule has 0 fully saturated rings. The smallest absolute Gasteiger partial charge is 0.203 e. The topological polar surface area (TPSA) is 37.3 Å². The third kappa shape index (κ3) is 4.19. The number of nitrogens with one attached hydrogen (secondary N) is 1. The normalized spacial score (nSPS) is 11.5. The van der Waals surface area contributed by atoms with Gasteiger partial charge in [0.15, 0.2) is 0 Å². The first-order valence-corrected chi connectivity index (χ1v) is 7.10. The lowest BCUT2D eigenvalue weighted by Crippen LogP contribution is -2.11. The average Bonchev–Trinajstić information content (AvgIpc) is 2.86. The number of hydrogen-bond acceptors (Lipinski definition) is 5. The van der Waals surface area contributed by atoms with Crippen molar-refractivity contribution in [1.29, 1.82) is 0 Å². The summed E-state index contributed by atoms with van der Waals surface area (Å²) in [5.41, 5.74) is 4.14. The molecule has 0 atom stereocenters. The van der Waals surface area contributed by atoms with E-state index in [0.717, 1.165) is 15.7 Å². The molecule has 0 unspecified atom stereocenters. The summed E-state index contributed by atoms with van der Waals surface area (Å²) in [5, 5.41) is 9.10. The van der Waals surface area contributed by atoms with Crippen LogP contribution in [0.25, 0.3) is 0 Å². The van der Waals surface area contributed by atoms with E-state index in [1.165, 1.54) is 0 Å². The van der Waals surface area contributed by atoms with E-state index >= 15 is 0 Å². The molecule has 18 heavy (non-hydrogen) atoms. The highest BCUT2D eigenvalue weighted by Gasteiger charge is 2.17. The van der Waals surface area contributed by atoms with Gasteiger partial charge in [0, 0.05) is 15.7 Å². The Morgan fingerprint density at radius 3 is 2.67 bits per heavy atom. The number of hydrogen-bond donors (Lipinski definition) is 1. The molecule has 0 saturated heterocycles. The highest BCUT2D eigenvalue weighted by molar-refractivity contribution is 8.93. The van der Waals surface area contributed by atoms with Crippen molar-refractivity contribution in [2.45, 2.75) is 26.2 Å². The van der Waals surface area contributed by atoms with Crippen molar-refractivity contribution in [1.82, 2.24) is 4.98 Å². The van der Waals surface area contributed by atoms with E-state index in [9.17, 15) is 0 Å². The summed E-state index contributed by atoms with van der Waals surface area (Å²) < 4.78 is 0. The molecule has 3 nitrogen and oxygen atoms in total.